The molecule has 27 heavy (non-hydrogen) atoms. The number of aliphatic imine (C=N–C) groups is 1. The lowest BCUT2D eigenvalue weighted by atomic mass is 10.2. The van der Waals surface area contributed by atoms with E-state index in [4.69, 9.17) is 4.74 Å². The minimum absolute atomic E-state index is 0.0513. The Balaban J connectivity index is 2.52. The monoisotopic (exact) mass is 370 g/mol. The number of benzene rings is 1. The standard InChI is InChI=1S/C18H22N6O3/c1-13(23(4)5)15-16(24(25)26)17(21-18(20-15)19-12-22(2)3)27-11-14-9-7-6-8-10-14/h6-10,12H,1,11H2,2-5H3. The number of hydrogen-bond acceptors (Lipinski definition) is 7. The molecule has 0 saturated heterocycles. The first-order valence-corrected chi connectivity index (χ1v) is 8.10. The molecular weight excluding hydrogens is 348 g/mol. The summed E-state index contributed by atoms with van der Waals surface area (Å²) < 4.78 is 5.66. The van der Waals surface area contributed by atoms with Crippen molar-refractivity contribution in [3.63, 3.8) is 0 Å². The maximum absolute atomic E-state index is 11.7. The first-order valence-electron chi connectivity index (χ1n) is 8.10. The van der Waals surface area contributed by atoms with Gasteiger partial charge in [0.05, 0.1) is 17.0 Å². The smallest absolute Gasteiger partial charge is 0.358 e. The summed E-state index contributed by atoms with van der Waals surface area (Å²) in [5.41, 5.74) is 0.939. The van der Waals surface area contributed by atoms with Gasteiger partial charge < -0.3 is 14.5 Å². The highest BCUT2D eigenvalue weighted by molar-refractivity contribution is 5.71. The quantitative estimate of drug-likeness (QED) is 0.305. The molecule has 0 aliphatic rings. The minimum Gasteiger partial charge on any atom is -0.468 e. The Labute approximate surface area is 157 Å². The minimum atomic E-state index is -0.566. The van der Waals surface area contributed by atoms with Crippen LogP contribution in [0.1, 0.15) is 11.3 Å². The Morgan fingerprint density at radius 1 is 1.26 bits per heavy atom. The van der Waals surface area contributed by atoms with Gasteiger partial charge in [-0.15, -0.1) is 0 Å². The Bertz CT molecular complexity index is 850. The van der Waals surface area contributed by atoms with Crippen molar-refractivity contribution in [2.45, 2.75) is 6.61 Å². The van der Waals surface area contributed by atoms with Crippen LogP contribution in [0.25, 0.3) is 5.70 Å². The summed E-state index contributed by atoms with van der Waals surface area (Å²) in [6.07, 6.45) is 1.50. The highest BCUT2D eigenvalue weighted by Crippen LogP contribution is 2.34. The molecule has 1 aromatic carbocycles. The lowest BCUT2D eigenvalue weighted by molar-refractivity contribution is -0.386. The van der Waals surface area contributed by atoms with Crippen molar-refractivity contribution in [3.05, 3.63) is 58.3 Å². The van der Waals surface area contributed by atoms with Gasteiger partial charge in [0, 0.05) is 28.2 Å². The van der Waals surface area contributed by atoms with Crippen LogP contribution in [0, 0.1) is 10.1 Å². The van der Waals surface area contributed by atoms with E-state index in [9.17, 15) is 10.1 Å². The summed E-state index contributed by atoms with van der Waals surface area (Å²) in [4.78, 5) is 26.9. The molecule has 2 rings (SSSR count). The van der Waals surface area contributed by atoms with Crippen molar-refractivity contribution in [1.29, 1.82) is 0 Å². The number of hydrogen-bond donors (Lipinski definition) is 0. The Morgan fingerprint density at radius 2 is 1.93 bits per heavy atom. The molecule has 0 atom stereocenters. The maximum atomic E-state index is 11.7. The highest BCUT2D eigenvalue weighted by atomic mass is 16.6. The molecule has 0 aliphatic carbocycles. The predicted molar refractivity (Wildman–Crippen MR) is 104 cm³/mol. The van der Waals surface area contributed by atoms with E-state index in [1.54, 1.807) is 38.0 Å². The third-order valence-corrected chi connectivity index (χ3v) is 3.46. The zero-order valence-corrected chi connectivity index (χ0v) is 15.8. The first kappa shape index (κ1) is 19.8. The summed E-state index contributed by atoms with van der Waals surface area (Å²) >= 11 is 0. The molecule has 0 spiro atoms. The SMILES string of the molecule is C=C(c1nc(N=CN(C)C)nc(OCc2ccccc2)c1[N+](=O)[O-])N(C)C. The molecule has 0 bridgehead atoms. The fourth-order valence-corrected chi connectivity index (χ4v) is 2.05. The molecule has 0 aliphatic heterocycles. The second kappa shape index (κ2) is 8.75. The van der Waals surface area contributed by atoms with Gasteiger partial charge in [0.25, 0.3) is 11.8 Å². The second-order valence-corrected chi connectivity index (χ2v) is 6.11. The van der Waals surface area contributed by atoms with Crippen LogP contribution in [-0.2, 0) is 6.61 Å². The molecule has 2 aromatic rings. The van der Waals surface area contributed by atoms with Crippen molar-refractivity contribution < 1.29 is 9.66 Å². The van der Waals surface area contributed by atoms with Crippen molar-refractivity contribution >= 4 is 23.7 Å². The maximum Gasteiger partial charge on any atom is 0.358 e. The van der Waals surface area contributed by atoms with Gasteiger partial charge >= 0.3 is 5.69 Å². The molecule has 0 fully saturated rings. The van der Waals surface area contributed by atoms with Gasteiger partial charge in [-0.3, -0.25) is 10.1 Å². The van der Waals surface area contributed by atoms with E-state index in [0.717, 1.165) is 5.56 Å². The van der Waals surface area contributed by atoms with E-state index < -0.39 is 4.92 Å². The highest BCUT2D eigenvalue weighted by Gasteiger charge is 2.28. The largest absolute Gasteiger partial charge is 0.468 e. The average Bonchev–Trinajstić information content (AvgIpc) is 2.64. The molecule has 0 radical (unpaired) electrons. The van der Waals surface area contributed by atoms with E-state index in [-0.39, 0.29) is 29.8 Å². The molecule has 0 amide bonds. The van der Waals surface area contributed by atoms with Crippen LogP contribution in [0.3, 0.4) is 0 Å². The first-order chi connectivity index (χ1) is 12.8. The van der Waals surface area contributed by atoms with Crippen LogP contribution in [0.2, 0.25) is 0 Å². The summed E-state index contributed by atoms with van der Waals surface area (Å²) in [5, 5.41) is 11.7. The summed E-state index contributed by atoms with van der Waals surface area (Å²) in [7, 11) is 7.03. The van der Waals surface area contributed by atoms with E-state index in [0.29, 0.717) is 5.70 Å². The number of ether oxygens (including phenoxy) is 1. The van der Waals surface area contributed by atoms with Crippen LogP contribution in [0.4, 0.5) is 11.6 Å². The number of rotatable bonds is 8. The van der Waals surface area contributed by atoms with Crippen molar-refractivity contribution in [3.8, 4) is 5.88 Å². The third-order valence-electron chi connectivity index (χ3n) is 3.46. The molecule has 0 N–H and O–H groups in total. The van der Waals surface area contributed by atoms with Crippen LogP contribution < -0.4 is 4.74 Å². The van der Waals surface area contributed by atoms with Gasteiger partial charge in [0.2, 0.25) is 0 Å². The third kappa shape index (κ3) is 5.24. The van der Waals surface area contributed by atoms with Crippen molar-refractivity contribution in [1.82, 2.24) is 19.8 Å². The van der Waals surface area contributed by atoms with Gasteiger partial charge in [-0.1, -0.05) is 36.9 Å². The predicted octanol–water partition coefficient (Wildman–Crippen LogP) is 2.72. The Hall–Kier alpha value is -3.49. The normalized spacial score (nSPS) is 10.7. The zero-order chi connectivity index (χ0) is 20.0. The van der Waals surface area contributed by atoms with E-state index in [1.165, 1.54) is 6.34 Å². The molecule has 0 saturated carbocycles. The van der Waals surface area contributed by atoms with Gasteiger partial charge in [-0.05, 0) is 5.56 Å². The Kier molecular flexibility index (Phi) is 6.42. The van der Waals surface area contributed by atoms with Gasteiger partial charge in [0.1, 0.15) is 6.61 Å². The molecule has 9 heteroatoms. The molecule has 1 heterocycles. The fraction of sp³-hybridized carbons (Fsp3) is 0.278. The number of aromatic nitrogens is 2. The molecule has 0 unspecified atom stereocenters. The summed E-state index contributed by atoms with van der Waals surface area (Å²) in [5.74, 6) is -0.0990. The van der Waals surface area contributed by atoms with Crippen LogP contribution in [0.15, 0.2) is 41.9 Å². The number of nitrogens with zero attached hydrogens (tertiary/aromatic N) is 6. The molecule has 9 nitrogen and oxygen atoms in total. The van der Waals surface area contributed by atoms with E-state index >= 15 is 0 Å². The van der Waals surface area contributed by atoms with Gasteiger partial charge in [0.15, 0.2) is 5.69 Å². The molecular formula is C18H22N6O3. The van der Waals surface area contributed by atoms with Crippen molar-refractivity contribution in [2.24, 2.45) is 4.99 Å². The lowest BCUT2D eigenvalue weighted by Gasteiger charge is -2.16. The van der Waals surface area contributed by atoms with Crippen molar-refractivity contribution in [2.75, 3.05) is 28.2 Å². The van der Waals surface area contributed by atoms with Gasteiger partial charge in [-0.25, -0.2) is 9.98 Å². The molecule has 142 valence electrons. The van der Waals surface area contributed by atoms with E-state index in [2.05, 4.69) is 21.5 Å². The van der Waals surface area contributed by atoms with Crippen LogP contribution in [0.5, 0.6) is 5.88 Å². The lowest BCUT2D eigenvalue weighted by Crippen LogP contribution is -2.14. The second-order valence-electron chi connectivity index (χ2n) is 6.11. The molecule has 1 aromatic heterocycles. The summed E-state index contributed by atoms with van der Waals surface area (Å²) in [6.45, 7) is 4.00. The average molecular weight is 370 g/mol. The zero-order valence-electron chi connectivity index (χ0n) is 15.8. The Morgan fingerprint density at radius 3 is 2.48 bits per heavy atom. The topological polar surface area (TPSA) is 97.0 Å². The van der Waals surface area contributed by atoms with Crippen LogP contribution in [-0.4, -0.2) is 59.2 Å². The van der Waals surface area contributed by atoms with Gasteiger partial charge in [-0.2, -0.15) is 4.98 Å². The fourth-order valence-electron chi connectivity index (χ4n) is 2.05. The van der Waals surface area contributed by atoms with Crippen LogP contribution >= 0.6 is 0 Å². The van der Waals surface area contributed by atoms with E-state index in [1.807, 2.05) is 30.3 Å². The summed E-state index contributed by atoms with van der Waals surface area (Å²) in [6, 6.07) is 9.32. The number of nitro groups is 1.